The summed E-state index contributed by atoms with van der Waals surface area (Å²) in [6.45, 7) is 0. The molecule has 0 atom stereocenters. The van der Waals surface area contributed by atoms with E-state index in [1.54, 1.807) is 7.11 Å². The van der Waals surface area contributed by atoms with Crippen LogP contribution in [-0.4, -0.2) is 11.7 Å². The molecule has 24 heavy (non-hydrogen) atoms. The summed E-state index contributed by atoms with van der Waals surface area (Å²) < 4.78 is 10.8. The minimum absolute atomic E-state index is 0.855. The molecular formula is C20H16BrN2O+. The molecule has 3 nitrogen and oxygen atoms in total. The number of halogens is 1. The minimum Gasteiger partial charge on any atom is -0.497 e. The Labute approximate surface area is 148 Å². The van der Waals surface area contributed by atoms with E-state index in [0.29, 0.717) is 0 Å². The van der Waals surface area contributed by atoms with E-state index in [-0.39, 0.29) is 0 Å². The number of imidazole rings is 1. The van der Waals surface area contributed by atoms with Crippen LogP contribution in [0.5, 0.6) is 5.75 Å². The lowest BCUT2D eigenvalue weighted by molar-refractivity contribution is -0.510. The van der Waals surface area contributed by atoms with E-state index in [1.807, 2.05) is 18.2 Å². The van der Waals surface area contributed by atoms with Gasteiger partial charge in [0.15, 0.2) is 5.69 Å². The number of pyridine rings is 1. The molecule has 0 unspecified atom stereocenters. The van der Waals surface area contributed by atoms with Crippen LogP contribution in [0.2, 0.25) is 0 Å². The summed E-state index contributed by atoms with van der Waals surface area (Å²) in [7, 11) is 1.68. The van der Waals surface area contributed by atoms with Crippen molar-refractivity contribution in [2.75, 3.05) is 7.11 Å². The van der Waals surface area contributed by atoms with Crippen LogP contribution in [0, 0.1) is 0 Å². The van der Waals surface area contributed by atoms with Crippen molar-refractivity contribution in [2.45, 2.75) is 0 Å². The first-order chi connectivity index (χ1) is 11.8. The van der Waals surface area contributed by atoms with Gasteiger partial charge in [-0.3, -0.25) is 0 Å². The summed E-state index contributed by atoms with van der Waals surface area (Å²) in [5.41, 5.74) is 4.51. The number of hydrogen-bond acceptors (Lipinski definition) is 1. The quantitative estimate of drug-likeness (QED) is 0.473. The van der Waals surface area contributed by atoms with Crippen molar-refractivity contribution in [3.63, 3.8) is 0 Å². The van der Waals surface area contributed by atoms with Gasteiger partial charge in [0, 0.05) is 16.1 Å². The first-order valence-corrected chi connectivity index (χ1v) is 8.48. The van der Waals surface area contributed by atoms with Crippen molar-refractivity contribution in [3.05, 3.63) is 83.6 Å². The molecule has 0 radical (unpaired) electrons. The number of benzene rings is 2. The van der Waals surface area contributed by atoms with E-state index in [1.165, 1.54) is 0 Å². The van der Waals surface area contributed by atoms with Crippen LogP contribution in [0.15, 0.2) is 83.6 Å². The summed E-state index contributed by atoms with van der Waals surface area (Å²) in [6.07, 6.45) is 4.22. The predicted molar refractivity (Wildman–Crippen MR) is 98.6 cm³/mol. The van der Waals surface area contributed by atoms with Crippen LogP contribution in [0.3, 0.4) is 0 Å². The lowest BCUT2D eigenvalue weighted by Gasteiger charge is -2.04. The average molecular weight is 380 g/mol. The first kappa shape index (κ1) is 15.0. The Bertz CT molecular complexity index is 989. The maximum Gasteiger partial charge on any atom is 0.291 e. The van der Waals surface area contributed by atoms with Crippen LogP contribution < -0.4 is 9.14 Å². The molecule has 2 aromatic heterocycles. The maximum atomic E-state index is 5.28. The SMILES string of the molecule is COc1ccc(-n2c(-c3ccc(Br)cc3)c[n+]3ccccc23)cc1. The van der Waals surface area contributed by atoms with Gasteiger partial charge in [0.25, 0.3) is 5.65 Å². The highest BCUT2D eigenvalue weighted by molar-refractivity contribution is 9.10. The molecule has 0 saturated carbocycles. The molecule has 0 bridgehead atoms. The number of fused-ring (bicyclic) bond motifs is 1. The molecule has 0 saturated heterocycles. The summed E-state index contributed by atoms with van der Waals surface area (Å²) in [5.74, 6) is 0.855. The Kier molecular flexibility index (Phi) is 3.82. The van der Waals surface area contributed by atoms with Gasteiger partial charge in [-0.05, 0) is 54.6 Å². The molecular weight excluding hydrogens is 364 g/mol. The topological polar surface area (TPSA) is 18.3 Å². The minimum atomic E-state index is 0.855. The fourth-order valence-electron chi connectivity index (χ4n) is 2.89. The third-order valence-corrected chi connectivity index (χ3v) is 4.60. The van der Waals surface area contributed by atoms with Gasteiger partial charge in [-0.25, -0.2) is 4.40 Å². The highest BCUT2D eigenvalue weighted by Gasteiger charge is 2.20. The van der Waals surface area contributed by atoms with E-state index >= 15 is 0 Å². The Balaban J connectivity index is 1.97. The average Bonchev–Trinajstić information content (AvgIpc) is 3.02. The Morgan fingerprint density at radius 1 is 0.917 bits per heavy atom. The lowest BCUT2D eigenvalue weighted by Crippen LogP contribution is -2.17. The number of nitrogens with zero attached hydrogens (tertiary/aromatic N) is 2. The summed E-state index contributed by atoms with van der Waals surface area (Å²) >= 11 is 3.51. The fourth-order valence-corrected chi connectivity index (χ4v) is 3.15. The van der Waals surface area contributed by atoms with Crippen molar-refractivity contribution < 1.29 is 9.14 Å². The van der Waals surface area contributed by atoms with Gasteiger partial charge in [0.05, 0.1) is 13.3 Å². The molecule has 0 spiro atoms. The number of aromatic nitrogens is 2. The summed E-state index contributed by atoms with van der Waals surface area (Å²) in [6, 6.07) is 22.7. The van der Waals surface area contributed by atoms with Crippen molar-refractivity contribution in [1.29, 1.82) is 0 Å². The van der Waals surface area contributed by atoms with E-state index in [2.05, 4.69) is 85.8 Å². The Hall–Kier alpha value is -2.59. The summed E-state index contributed by atoms with van der Waals surface area (Å²) in [5, 5.41) is 0. The van der Waals surface area contributed by atoms with Gasteiger partial charge < -0.3 is 4.74 Å². The second-order valence-corrected chi connectivity index (χ2v) is 6.44. The molecule has 0 amide bonds. The smallest absolute Gasteiger partial charge is 0.291 e. The molecule has 0 aliphatic rings. The van der Waals surface area contributed by atoms with Crippen LogP contribution in [0.1, 0.15) is 0 Å². The Morgan fingerprint density at radius 2 is 1.67 bits per heavy atom. The molecule has 2 aromatic carbocycles. The number of ether oxygens (including phenoxy) is 1. The van der Waals surface area contributed by atoms with Crippen molar-refractivity contribution in [1.82, 2.24) is 4.57 Å². The van der Waals surface area contributed by atoms with Crippen molar-refractivity contribution in [2.24, 2.45) is 0 Å². The standard InChI is InChI=1S/C20H16BrN2O/c1-24-18-11-9-17(10-12-18)23-19(15-5-7-16(21)8-6-15)14-22-13-3-2-4-20(22)23/h2-14H,1H3/q+1. The molecule has 118 valence electrons. The molecule has 0 aliphatic carbocycles. The van der Waals surface area contributed by atoms with Crippen LogP contribution in [0.25, 0.3) is 22.6 Å². The molecule has 4 heteroatoms. The van der Waals surface area contributed by atoms with Gasteiger partial charge in [0.1, 0.15) is 17.6 Å². The lowest BCUT2D eigenvalue weighted by atomic mass is 10.1. The molecule has 4 rings (SSSR count). The van der Waals surface area contributed by atoms with Crippen LogP contribution >= 0.6 is 15.9 Å². The predicted octanol–water partition coefficient (Wildman–Crippen LogP) is 4.65. The largest absolute Gasteiger partial charge is 0.497 e. The Morgan fingerprint density at radius 3 is 2.38 bits per heavy atom. The zero-order valence-electron chi connectivity index (χ0n) is 13.2. The second kappa shape index (κ2) is 6.13. The van der Waals surface area contributed by atoms with Gasteiger partial charge in [0.2, 0.25) is 0 Å². The van der Waals surface area contributed by atoms with Crippen molar-refractivity contribution in [3.8, 4) is 22.7 Å². The molecule has 4 aromatic rings. The molecule has 0 N–H and O–H groups in total. The number of methoxy groups -OCH3 is 1. The van der Waals surface area contributed by atoms with Gasteiger partial charge in [-0.2, -0.15) is 4.57 Å². The van der Waals surface area contributed by atoms with Gasteiger partial charge >= 0.3 is 0 Å². The monoisotopic (exact) mass is 379 g/mol. The number of rotatable bonds is 3. The fraction of sp³-hybridized carbons (Fsp3) is 0.0500. The van der Waals surface area contributed by atoms with E-state index in [0.717, 1.165) is 32.8 Å². The van der Waals surface area contributed by atoms with Crippen LogP contribution in [-0.2, 0) is 0 Å². The molecule has 0 aliphatic heterocycles. The van der Waals surface area contributed by atoms with E-state index in [9.17, 15) is 0 Å². The van der Waals surface area contributed by atoms with Gasteiger partial charge in [-0.15, -0.1) is 0 Å². The normalized spacial score (nSPS) is 10.9. The van der Waals surface area contributed by atoms with E-state index < -0.39 is 0 Å². The van der Waals surface area contributed by atoms with Gasteiger partial charge in [-0.1, -0.05) is 22.0 Å². The third kappa shape index (κ3) is 2.59. The molecule has 2 heterocycles. The van der Waals surface area contributed by atoms with E-state index in [4.69, 9.17) is 4.74 Å². The molecule has 0 fully saturated rings. The third-order valence-electron chi connectivity index (χ3n) is 4.07. The highest BCUT2D eigenvalue weighted by atomic mass is 79.9. The zero-order valence-corrected chi connectivity index (χ0v) is 14.8. The highest BCUT2D eigenvalue weighted by Crippen LogP contribution is 2.27. The summed E-state index contributed by atoms with van der Waals surface area (Å²) in [4.78, 5) is 0. The number of hydrogen-bond donors (Lipinski definition) is 0. The second-order valence-electron chi connectivity index (χ2n) is 5.52. The maximum absolute atomic E-state index is 5.28. The zero-order chi connectivity index (χ0) is 16.5. The van der Waals surface area contributed by atoms with Crippen LogP contribution in [0.4, 0.5) is 0 Å². The first-order valence-electron chi connectivity index (χ1n) is 7.68. The van der Waals surface area contributed by atoms with Crippen molar-refractivity contribution >= 4 is 21.6 Å².